The summed E-state index contributed by atoms with van der Waals surface area (Å²) < 4.78 is 16.2. The van der Waals surface area contributed by atoms with Gasteiger partial charge in [-0.1, -0.05) is 12.1 Å². The zero-order valence-electron chi connectivity index (χ0n) is 10.1. The molecule has 7 nitrogen and oxygen atoms in total. The minimum atomic E-state index is -0.788. The van der Waals surface area contributed by atoms with Crippen molar-refractivity contribution in [3.8, 4) is 11.5 Å². The molecule has 0 spiro atoms. The Bertz CT molecular complexity index is 487. The molecule has 2 atom stereocenters. The molecule has 102 valence electrons. The third-order valence-corrected chi connectivity index (χ3v) is 2.98. The van der Waals surface area contributed by atoms with Crippen LogP contribution in [0.3, 0.4) is 0 Å². The second-order valence-electron chi connectivity index (χ2n) is 4.48. The zero-order chi connectivity index (χ0) is 13.2. The van der Waals surface area contributed by atoms with Gasteiger partial charge in [0.25, 0.3) is 5.09 Å². The number of nitrogens with zero attached hydrogens (tertiary/aromatic N) is 1. The number of epoxide rings is 1. The van der Waals surface area contributed by atoms with Crippen LogP contribution in [-0.2, 0) is 16.0 Å². The standard InChI is InChI=1S/C12H13NO6/c14-13(15)19-9-4-8-2-1-3-11(12(8)18-5-9)17-7-10-6-16-10/h1-3,9-10H,4-7H2/t9-,10+/m1/s1. The van der Waals surface area contributed by atoms with Crippen LogP contribution >= 0.6 is 0 Å². The quantitative estimate of drug-likeness (QED) is 0.449. The normalized spacial score (nSPS) is 24.0. The van der Waals surface area contributed by atoms with Crippen LogP contribution in [0.5, 0.6) is 11.5 Å². The van der Waals surface area contributed by atoms with E-state index in [4.69, 9.17) is 14.2 Å². The largest absolute Gasteiger partial charge is 0.487 e. The van der Waals surface area contributed by atoms with Crippen molar-refractivity contribution >= 4 is 0 Å². The number of para-hydroxylation sites is 1. The molecule has 1 aromatic carbocycles. The van der Waals surface area contributed by atoms with Crippen molar-refractivity contribution in [2.45, 2.75) is 18.6 Å². The molecule has 2 aliphatic rings. The summed E-state index contributed by atoms with van der Waals surface area (Å²) in [6, 6.07) is 5.50. The van der Waals surface area contributed by atoms with Crippen molar-refractivity contribution < 1.29 is 24.1 Å². The summed E-state index contributed by atoms with van der Waals surface area (Å²) in [5.74, 6) is 1.29. The van der Waals surface area contributed by atoms with Crippen molar-refractivity contribution in [2.75, 3.05) is 19.8 Å². The van der Waals surface area contributed by atoms with Gasteiger partial charge in [-0.3, -0.25) is 0 Å². The molecule has 0 saturated carbocycles. The molecule has 1 fully saturated rings. The average molecular weight is 267 g/mol. The van der Waals surface area contributed by atoms with Crippen molar-refractivity contribution in [2.24, 2.45) is 0 Å². The highest BCUT2D eigenvalue weighted by molar-refractivity contribution is 5.48. The predicted molar refractivity (Wildman–Crippen MR) is 62.7 cm³/mol. The first-order chi connectivity index (χ1) is 9.22. The summed E-state index contributed by atoms with van der Waals surface area (Å²) in [5, 5.41) is 9.53. The fourth-order valence-corrected chi connectivity index (χ4v) is 2.02. The molecule has 0 unspecified atom stereocenters. The number of benzene rings is 1. The Hall–Kier alpha value is -2.02. The third-order valence-electron chi connectivity index (χ3n) is 2.98. The molecule has 19 heavy (non-hydrogen) atoms. The van der Waals surface area contributed by atoms with Crippen LogP contribution in [-0.4, -0.2) is 37.1 Å². The highest BCUT2D eigenvalue weighted by Crippen LogP contribution is 2.35. The number of ether oxygens (including phenoxy) is 3. The average Bonchev–Trinajstić information content (AvgIpc) is 3.19. The molecule has 0 radical (unpaired) electrons. The molecule has 0 aliphatic carbocycles. The number of hydrogen-bond acceptors (Lipinski definition) is 6. The molecular formula is C12H13NO6. The van der Waals surface area contributed by atoms with Crippen molar-refractivity contribution in [1.82, 2.24) is 0 Å². The zero-order valence-corrected chi connectivity index (χ0v) is 10.1. The van der Waals surface area contributed by atoms with Gasteiger partial charge in [-0.2, -0.15) is 0 Å². The minimum absolute atomic E-state index is 0.147. The predicted octanol–water partition coefficient (Wildman–Crippen LogP) is 0.976. The first-order valence-electron chi connectivity index (χ1n) is 6.02. The molecule has 1 aromatic rings. The van der Waals surface area contributed by atoms with Gasteiger partial charge in [0.1, 0.15) is 25.4 Å². The Morgan fingerprint density at radius 1 is 1.42 bits per heavy atom. The van der Waals surface area contributed by atoms with Gasteiger partial charge in [0, 0.05) is 12.0 Å². The summed E-state index contributed by atoms with van der Waals surface area (Å²) in [5.41, 5.74) is 0.854. The highest BCUT2D eigenvalue weighted by Gasteiger charge is 2.27. The molecule has 0 amide bonds. The van der Waals surface area contributed by atoms with Gasteiger partial charge in [0.2, 0.25) is 0 Å². The first-order valence-corrected chi connectivity index (χ1v) is 6.02. The van der Waals surface area contributed by atoms with Gasteiger partial charge in [0.15, 0.2) is 11.5 Å². The maximum atomic E-state index is 10.3. The van der Waals surface area contributed by atoms with Crippen LogP contribution < -0.4 is 9.47 Å². The van der Waals surface area contributed by atoms with Crippen LogP contribution in [0.2, 0.25) is 0 Å². The van der Waals surface area contributed by atoms with E-state index in [1.165, 1.54) is 0 Å². The molecule has 0 N–H and O–H groups in total. The van der Waals surface area contributed by atoms with Crippen LogP contribution in [0.1, 0.15) is 5.56 Å². The molecule has 2 aliphatic heterocycles. The lowest BCUT2D eigenvalue weighted by Crippen LogP contribution is -2.31. The molecule has 1 saturated heterocycles. The Balaban J connectivity index is 1.70. The van der Waals surface area contributed by atoms with Crippen molar-refractivity contribution in [3.05, 3.63) is 33.9 Å². The number of hydrogen-bond donors (Lipinski definition) is 0. The van der Waals surface area contributed by atoms with E-state index >= 15 is 0 Å². The molecule has 0 aromatic heterocycles. The van der Waals surface area contributed by atoms with Crippen LogP contribution in [0.25, 0.3) is 0 Å². The van der Waals surface area contributed by atoms with E-state index in [0.29, 0.717) is 24.5 Å². The maximum Gasteiger partial charge on any atom is 0.294 e. The summed E-state index contributed by atoms with van der Waals surface area (Å²) in [7, 11) is 0. The highest BCUT2D eigenvalue weighted by atomic mass is 17.0. The van der Waals surface area contributed by atoms with Crippen molar-refractivity contribution in [1.29, 1.82) is 0 Å². The van der Waals surface area contributed by atoms with Crippen LogP contribution in [0.4, 0.5) is 0 Å². The molecule has 0 bridgehead atoms. The van der Waals surface area contributed by atoms with Crippen LogP contribution in [0, 0.1) is 10.1 Å². The lowest BCUT2D eigenvalue weighted by atomic mass is 10.0. The Morgan fingerprint density at radius 3 is 3.00 bits per heavy atom. The lowest BCUT2D eigenvalue weighted by molar-refractivity contribution is -0.769. The summed E-state index contributed by atoms with van der Waals surface area (Å²) in [6.45, 7) is 1.37. The van der Waals surface area contributed by atoms with E-state index < -0.39 is 11.2 Å². The summed E-state index contributed by atoms with van der Waals surface area (Å²) >= 11 is 0. The van der Waals surface area contributed by atoms with Gasteiger partial charge in [-0.05, 0) is 6.07 Å². The topological polar surface area (TPSA) is 83.4 Å². The number of rotatable bonds is 5. The maximum absolute atomic E-state index is 10.3. The number of fused-ring (bicyclic) bond motifs is 1. The van der Waals surface area contributed by atoms with E-state index in [-0.39, 0.29) is 12.7 Å². The lowest BCUT2D eigenvalue weighted by Gasteiger charge is -2.25. The van der Waals surface area contributed by atoms with E-state index in [1.54, 1.807) is 0 Å². The van der Waals surface area contributed by atoms with Gasteiger partial charge in [-0.25, -0.2) is 0 Å². The van der Waals surface area contributed by atoms with E-state index in [2.05, 4.69) is 4.84 Å². The second kappa shape index (κ2) is 4.93. The van der Waals surface area contributed by atoms with Gasteiger partial charge >= 0.3 is 0 Å². The molecular weight excluding hydrogens is 254 g/mol. The van der Waals surface area contributed by atoms with E-state index in [0.717, 1.165) is 12.2 Å². The second-order valence-corrected chi connectivity index (χ2v) is 4.48. The SMILES string of the molecule is O=[N+]([O-])O[C@H]1COc2c(cccc2OC[C@@H]2CO2)C1. The summed E-state index contributed by atoms with van der Waals surface area (Å²) in [6.07, 6.45) is 0.0440. The van der Waals surface area contributed by atoms with Gasteiger partial charge < -0.3 is 19.0 Å². The minimum Gasteiger partial charge on any atom is -0.487 e. The Morgan fingerprint density at radius 2 is 2.26 bits per heavy atom. The molecule has 3 rings (SSSR count). The van der Waals surface area contributed by atoms with E-state index in [9.17, 15) is 10.1 Å². The van der Waals surface area contributed by atoms with Crippen LogP contribution in [0.15, 0.2) is 18.2 Å². The molecule has 2 heterocycles. The molecule has 7 heteroatoms. The Labute approximate surface area is 109 Å². The van der Waals surface area contributed by atoms with E-state index in [1.807, 2.05) is 18.2 Å². The third kappa shape index (κ3) is 2.87. The van der Waals surface area contributed by atoms with Gasteiger partial charge in [-0.15, -0.1) is 10.1 Å². The van der Waals surface area contributed by atoms with Crippen molar-refractivity contribution in [3.63, 3.8) is 0 Å². The summed E-state index contributed by atoms with van der Waals surface area (Å²) in [4.78, 5) is 14.9. The Kier molecular flexibility index (Phi) is 3.12. The fourth-order valence-electron chi connectivity index (χ4n) is 2.02. The smallest absolute Gasteiger partial charge is 0.294 e. The first kappa shape index (κ1) is 12.0. The fraction of sp³-hybridized carbons (Fsp3) is 0.500. The van der Waals surface area contributed by atoms with Gasteiger partial charge in [0.05, 0.1) is 6.61 Å². The monoisotopic (exact) mass is 267 g/mol.